The second-order valence-corrected chi connectivity index (χ2v) is 11.0. The normalized spacial score (nSPS) is 19.8. The topological polar surface area (TPSA) is 96.9 Å². The number of para-hydroxylation sites is 1. The molecule has 0 unspecified atom stereocenters. The predicted molar refractivity (Wildman–Crippen MR) is 156 cm³/mol. The number of carbonyl (C=O) groups excluding carboxylic acids is 1. The molecule has 0 spiro atoms. The van der Waals surface area contributed by atoms with E-state index in [1.807, 2.05) is 48.5 Å². The maximum atomic E-state index is 14.0. The van der Waals surface area contributed by atoms with Gasteiger partial charge in [0.25, 0.3) is 11.5 Å². The average molecular weight is 539 g/mol. The van der Waals surface area contributed by atoms with Gasteiger partial charge in [0.05, 0.1) is 11.3 Å². The van der Waals surface area contributed by atoms with Crippen LogP contribution in [0.15, 0.2) is 80.9 Å². The smallest absolute Gasteiger partial charge is 0.334 e. The summed E-state index contributed by atoms with van der Waals surface area (Å²) >= 11 is 0. The van der Waals surface area contributed by atoms with Gasteiger partial charge in [-0.05, 0) is 43.9 Å². The van der Waals surface area contributed by atoms with Crippen LogP contribution in [0.5, 0.6) is 5.88 Å². The number of rotatable bonds is 5. The Balaban J connectivity index is 1.55. The van der Waals surface area contributed by atoms with E-state index in [-0.39, 0.29) is 29.1 Å². The summed E-state index contributed by atoms with van der Waals surface area (Å²) < 4.78 is 2.78. The van der Waals surface area contributed by atoms with Crippen molar-refractivity contribution in [2.75, 3.05) is 5.01 Å². The molecule has 1 aromatic heterocycles. The van der Waals surface area contributed by atoms with Gasteiger partial charge in [-0.1, -0.05) is 87.1 Å². The van der Waals surface area contributed by atoms with Crippen LogP contribution >= 0.6 is 0 Å². The lowest BCUT2D eigenvalue weighted by atomic mass is 9.94. The van der Waals surface area contributed by atoms with Gasteiger partial charge in [0.2, 0.25) is 5.88 Å². The zero-order chi connectivity index (χ0) is 27.6. The fourth-order valence-electron chi connectivity index (χ4n) is 6.35. The molecule has 0 atom stereocenters. The molecule has 2 aromatic carbocycles. The number of carbonyl (C=O) groups is 1. The van der Waals surface area contributed by atoms with E-state index < -0.39 is 17.2 Å². The summed E-state index contributed by atoms with van der Waals surface area (Å²) in [5.41, 5.74) is 0.905. The summed E-state index contributed by atoms with van der Waals surface area (Å²) in [5, 5.41) is 17.5. The number of anilines is 1. The largest absolute Gasteiger partial charge is 0.494 e. The molecule has 1 amide bonds. The highest BCUT2D eigenvalue weighted by atomic mass is 16.3. The van der Waals surface area contributed by atoms with E-state index in [9.17, 15) is 19.5 Å². The highest BCUT2D eigenvalue weighted by Crippen LogP contribution is 2.34. The number of nitrogens with zero attached hydrogens (tertiary/aromatic N) is 4. The van der Waals surface area contributed by atoms with Crippen LogP contribution in [0.1, 0.15) is 87.4 Å². The Morgan fingerprint density at radius 3 is 1.88 bits per heavy atom. The minimum atomic E-state index is -0.549. The van der Waals surface area contributed by atoms with E-state index in [1.165, 1.54) is 20.2 Å². The average Bonchev–Trinajstić information content (AvgIpc) is 3.33. The van der Waals surface area contributed by atoms with Crippen molar-refractivity contribution in [1.82, 2.24) is 9.13 Å². The van der Waals surface area contributed by atoms with Crippen molar-refractivity contribution in [2.45, 2.75) is 76.3 Å². The summed E-state index contributed by atoms with van der Waals surface area (Å²) in [7, 11) is 0. The van der Waals surface area contributed by atoms with Crippen LogP contribution in [-0.2, 0) is 4.79 Å². The Morgan fingerprint density at radius 2 is 1.27 bits per heavy atom. The van der Waals surface area contributed by atoms with Crippen molar-refractivity contribution < 1.29 is 9.90 Å². The molecule has 1 N–H and O–H groups in total. The van der Waals surface area contributed by atoms with Crippen molar-refractivity contribution in [3.63, 3.8) is 0 Å². The first kappa shape index (κ1) is 26.0. The number of hydrogen-bond acceptors (Lipinski definition) is 5. The number of hydrazone groups is 1. The molecule has 2 fully saturated rings. The van der Waals surface area contributed by atoms with Gasteiger partial charge in [-0.3, -0.25) is 18.7 Å². The van der Waals surface area contributed by atoms with E-state index in [1.54, 1.807) is 12.1 Å². The quantitative estimate of drug-likeness (QED) is 0.430. The van der Waals surface area contributed by atoms with Crippen LogP contribution in [0.25, 0.3) is 6.08 Å². The summed E-state index contributed by atoms with van der Waals surface area (Å²) in [6, 6.07) is 18.0. The van der Waals surface area contributed by atoms with Crippen molar-refractivity contribution in [3.8, 4) is 5.88 Å². The summed E-state index contributed by atoms with van der Waals surface area (Å²) in [6.45, 7) is 0. The van der Waals surface area contributed by atoms with Crippen molar-refractivity contribution in [2.24, 2.45) is 5.10 Å². The van der Waals surface area contributed by atoms with Crippen LogP contribution in [0.4, 0.5) is 5.69 Å². The third kappa shape index (κ3) is 4.72. The molecule has 0 saturated heterocycles. The Labute approximate surface area is 232 Å². The predicted octanol–water partition coefficient (Wildman–Crippen LogP) is 5.56. The first-order valence-electron chi connectivity index (χ1n) is 14.4. The molecular weight excluding hydrogens is 504 g/mol. The van der Waals surface area contributed by atoms with Crippen LogP contribution in [0, 0.1) is 0 Å². The molecule has 2 aliphatic carbocycles. The second kappa shape index (κ2) is 11.1. The molecule has 3 aromatic rings. The van der Waals surface area contributed by atoms with Gasteiger partial charge in [0, 0.05) is 17.6 Å². The molecule has 0 radical (unpaired) electrons. The van der Waals surface area contributed by atoms with Gasteiger partial charge < -0.3 is 5.11 Å². The van der Waals surface area contributed by atoms with E-state index in [0.29, 0.717) is 17.0 Å². The van der Waals surface area contributed by atoms with Gasteiger partial charge in [-0.15, -0.1) is 0 Å². The fourth-order valence-corrected chi connectivity index (χ4v) is 6.35. The van der Waals surface area contributed by atoms with Gasteiger partial charge in [0.1, 0.15) is 11.3 Å². The third-order valence-electron chi connectivity index (χ3n) is 8.42. The zero-order valence-corrected chi connectivity index (χ0v) is 22.5. The number of amides is 1. The molecule has 8 nitrogen and oxygen atoms in total. The van der Waals surface area contributed by atoms with Crippen molar-refractivity contribution in [1.29, 1.82) is 0 Å². The van der Waals surface area contributed by atoms with E-state index in [2.05, 4.69) is 5.10 Å². The molecule has 6 rings (SSSR count). The lowest BCUT2D eigenvalue weighted by Crippen LogP contribution is -2.45. The van der Waals surface area contributed by atoms with Gasteiger partial charge in [-0.25, -0.2) is 4.79 Å². The van der Waals surface area contributed by atoms with Crippen molar-refractivity contribution in [3.05, 3.63) is 98.2 Å². The standard InChI is InChI=1S/C32H34N4O4/c37-29-27(30(38)35(24-17-9-3-10-18-24)32(40)34(29)23-15-7-2-8-16-23)21-26-28(22-13-5-1-6-14-22)33-36(31(26)39)25-19-11-4-12-20-25/h1,4-6,11-14,19-21,23-24,37H,2-3,7-10,15-18H2/b26-21-. The summed E-state index contributed by atoms with van der Waals surface area (Å²) in [4.78, 5) is 41.7. The fraction of sp³-hybridized carbons (Fsp3) is 0.375. The molecule has 8 heteroatoms. The molecular formula is C32H34N4O4. The third-order valence-corrected chi connectivity index (χ3v) is 8.42. The minimum Gasteiger partial charge on any atom is -0.494 e. The first-order valence-corrected chi connectivity index (χ1v) is 14.4. The Kier molecular flexibility index (Phi) is 7.24. The van der Waals surface area contributed by atoms with Gasteiger partial charge >= 0.3 is 5.69 Å². The van der Waals surface area contributed by atoms with Crippen molar-refractivity contribution >= 4 is 23.4 Å². The molecule has 2 saturated carbocycles. The van der Waals surface area contributed by atoms with E-state index in [4.69, 9.17) is 0 Å². The molecule has 206 valence electrons. The number of hydrogen-bond donors (Lipinski definition) is 1. The van der Waals surface area contributed by atoms with Gasteiger partial charge in [0.15, 0.2) is 0 Å². The van der Waals surface area contributed by atoms with Gasteiger partial charge in [-0.2, -0.15) is 10.1 Å². The Hall–Kier alpha value is -4.20. The lowest BCUT2D eigenvalue weighted by Gasteiger charge is -2.29. The number of aromatic hydroxyl groups is 1. The molecule has 2 heterocycles. The van der Waals surface area contributed by atoms with E-state index in [0.717, 1.165) is 64.2 Å². The first-order chi connectivity index (χ1) is 19.5. The van der Waals surface area contributed by atoms with Crippen LogP contribution < -0.4 is 16.3 Å². The monoisotopic (exact) mass is 538 g/mol. The molecule has 0 bridgehead atoms. The maximum absolute atomic E-state index is 14.0. The Bertz CT molecular complexity index is 1570. The highest BCUT2D eigenvalue weighted by Gasteiger charge is 2.34. The minimum absolute atomic E-state index is 0.0300. The van der Waals surface area contributed by atoms with Crippen LogP contribution in [0.3, 0.4) is 0 Å². The van der Waals surface area contributed by atoms with Crippen LogP contribution in [-0.4, -0.2) is 25.9 Å². The number of benzene rings is 2. The maximum Gasteiger partial charge on any atom is 0.334 e. The summed E-state index contributed by atoms with van der Waals surface area (Å²) in [5.74, 6) is -0.761. The highest BCUT2D eigenvalue weighted by molar-refractivity contribution is 6.37. The SMILES string of the molecule is O=C1/C(=C\c2c(O)n(C3CCCCC3)c(=O)n(C3CCCCC3)c2=O)C(c2ccccc2)=NN1c1ccccc1. The molecule has 1 aliphatic heterocycles. The van der Waals surface area contributed by atoms with E-state index >= 15 is 0 Å². The zero-order valence-electron chi connectivity index (χ0n) is 22.5. The molecule has 3 aliphatic rings. The second-order valence-electron chi connectivity index (χ2n) is 11.0. The number of aromatic nitrogens is 2. The molecule has 40 heavy (non-hydrogen) atoms. The summed E-state index contributed by atoms with van der Waals surface area (Å²) in [6.07, 6.45) is 10.5. The lowest BCUT2D eigenvalue weighted by molar-refractivity contribution is -0.114. The van der Waals surface area contributed by atoms with Crippen LogP contribution in [0.2, 0.25) is 0 Å². The Morgan fingerprint density at radius 1 is 0.725 bits per heavy atom.